The van der Waals surface area contributed by atoms with Crippen LogP contribution in [0.25, 0.3) is 0 Å². The van der Waals surface area contributed by atoms with E-state index in [0.29, 0.717) is 11.4 Å². The van der Waals surface area contributed by atoms with Crippen molar-refractivity contribution in [3.8, 4) is 0 Å². The summed E-state index contributed by atoms with van der Waals surface area (Å²) >= 11 is 11.9. The minimum Gasteiger partial charge on any atom is -0.324 e. The number of anilines is 1. The quantitative estimate of drug-likeness (QED) is 0.733. The van der Waals surface area contributed by atoms with E-state index in [1.165, 1.54) is 30.3 Å². The fourth-order valence-corrected chi connectivity index (χ4v) is 4.16. The molecule has 9 heteroatoms. The van der Waals surface area contributed by atoms with E-state index in [9.17, 15) is 17.6 Å². The Balaban J connectivity index is 2.23. The zero-order valence-corrected chi connectivity index (χ0v) is 16.2. The largest absolute Gasteiger partial charge is 0.324 e. The monoisotopic (exact) mass is 418 g/mol. The molecule has 0 fully saturated rings. The van der Waals surface area contributed by atoms with E-state index in [1.807, 2.05) is 0 Å². The molecule has 1 N–H and O–H groups in total. The van der Waals surface area contributed by atoms with Crippen LogP contribution in [0, 0.1) is 5.82 Å². The first-order valence-corrected chi connectivity index (χ1v) is 9.95. The third-order valence-corrected chi connectivity index (χ3v) is 5.89. The van der Waals surface area contributed by atoms with Gasteiger partial charge in [0.15, 0.2) is 0 Å². The van der Waals surface area contributed by atoms with E-state index in [2.05, 4.69) is 5.32 Å². The summed E-state index contributed by atoms with van der Waals surface area (Å²) in [5.41, 5.74) is 0.268. The summed E-state index contributed by atoms with van der Waals surface area (Å²) in [5, 5.41) is 3.16. The molecule has 1 amide bonds. The lowest BCUT2D eigenvalue weighted by atomic mass is 10.3. The molecular weight excluding hydrogens is 402 g/mol. The minimum atomic E-state index is -4.16. The first-order chi connectivity index (χ1) is 12.3. The molecule has 2 aromatic carbocycles. The van der Waals surface area contributed by atoms with Gasteiger partial charge in [-0.2, -0.15) is 4.31 Å². The maximum Gasteiger partial charge on any atom is 0.246 e. The first-order valence-electron chi connectivity index (χ1n) is 7.75. The van der Waals surface area contributed by atoms with Crippen molar-refractivity contribution < 1.29 is 17.6 Å². The highest BCUT2D eigenvalue weighted by Gasteiger charge is 2.28. The number of nitrogens with one attached hydrogen (secondary N) is 1. The molecule has 5 nitrogen and oxygen atoms in total. The predicted molar refractivity (Wildman–Crippen MR) is 101 cm³/mol. The van der Waals surface area contributed by atoms with Gasteiger partial charge in [0.25, 0.3) is 0 Å². The summed E-state index contributed by atoms with van der Waals surface area (Å²) in [6, 6.07) is 9.57. The maximum absolute atomic E-state index is 13.9. The summed E-state index contributed by atoms with van der Waals surface area (Å²) in [7, 11) is -4.16. The molecule has 0 radical (unpaired) electrons. The number of amides is 1. The summed E-state index contributed by atoms with van der Waals surface area (Å²) in [5.74, 6) is -1.48. The topological polar surface area (TPSA) is 66.5 Å². The Bertz CT molecular complexity index is 907. The Morgan fingerprint density at radius 2 is 1.88 bits per heavy atom. The smallest absolute Gasteiger partial charge is 0.246 e. The number of carbonyl (C=O) groups excluding carboxylic acids is 1. The number of benzene rings is 2. The average Bonchev–Trinajstić information content (AvgIpc) is 2.58. The summed E-state index contributed by atoms with van der Waals surface area (Å²) in [6.45, 7) is 1.34. The van der Waals surface area contributed by atoms with Crippen LogP contribution in [0.4, 0.5) is 10.1 Å². The molecule has 0 aliphatic heterocycles. The second-order valence-electron chi connectivity index (χ2n) is 5.44. The van der Waals surface area contributed by atoms with E-state index >= 15 is 0 Å². The Morgan fingerprint density at radius 1 is 1.19 bits per heavy atom. The third kappa shape index (κ3) is 4.94. The molecule has 0 aliphatic rings. The fourth-order valence-electron chi connectivity index (χ4n) is 2.27. The van der Waals surface area contributed by atoms with Gasteiger partial charge in [0, 0.05) is 11.6 Å². The number of carbonyl (C=O) groups is 1. The van der Waals surface area contributed by atoms with Crippen LogP contribution in [0.1, 0.15) is 13.3 Å². The molecule has 0 heterocycles. The van der Waals surface area contributed by atoms with E-state index in [-0.39, 0.29) is 17.3 Å². The van der Waals surface area contributed by atoms with Gasteiger partial charge >= 0.3 is 0 Å². The molecule has 0 aromatic heterocycles. The lowest BCUT2D eigenvalue weighted by Gasteiger charge is -2.21. The molecule has 0 unspecified atom stereocenters. The Labute approximate surface area is 161 Å². The lowest BCUT2D eigenvalue weighted by Crippen LogP contribution is -2.38. The Hall–Kier alpha value is -1.67. The molecule has 0 bridgehead atoms. The summed E-state index contributed by atoms with van der Waals surface area (Å²) in [6.07, 6.45) is 0.457. The standard InChI is InChI=1S/C17H17Cl2FN2O3S/c1-2-9-22(26(24,25)16-6-4-3-5-14(16)20)11-17(23)21-15-10-12(18)7-8-13(15)19/h3-8,10H,2,9,11H2,1H3,(H,21,23). The van der Waals surface area contributed by atoms with Crippen LogP contribution in [-0.4, -0.2) is 31.7 Å². The van der Waals surface area contributed by atoms with Crippen molar-refractivity contribution in [1.29, 1.82) is 0 Å². The minimum absolute atomic E-state index is 0.0629. The van der Waals surface area contributed by atoms with Gasteiger partial charge in [-0.1, -0.05) is 42.3 Å². The zero-order chi connectivity index (χ0) is 19.3. The number of nitrogens with zero attached hydrogens (tertiary/aromatic N) is 1. The van der Waals surface area contributed by atoms with Gasteiger partial charge in [0.1, 0.15) is 10.7 Å². The van der Waals surface area contributed by atoms with Crippen LogP contribution < -0.4 is 5.32 Å². The molecule has 0 atom stereocenters. The maximum atomic E-state index is 13.9. The van der Waals surface area contributed by atoms with Crippen LogP contribution in [0.3, 0.4) is 0 Å². The summed E-state index contributed by atoms with van der Waals surface area (Å²) in [4.78, 5) is 11.8. The third-order valence-electron chi connectivity index (χ3n) is 3.45. The normalized spacial score (nSPS) is 11.6. The van der Waals surface area contributed by atoms with Gasteiger partial charge in [-0.25, -0.2) is 12.8 Å². The van der Waals surface area contributed by atoms with E-state index in [1.54, 1.807) is 13.0 Å². The van der Waals surface area contributed by atoms with Crippen molar-refractivity contribution in [3.05, 3.63) is 58.3 Å². The second kappa shape index (κ2) is 8.81. The Morgan fingerprint density at radius 3 is 2.54 bits per heavy atom. The van der Waals surface area contributed by atoms with Crippen LogP contribution >= 0.6 is 23.2 Å². The first kappa shape index (κ1) is 20.6. The van der Waals surface area contributed by atoms with Gasteiger partial charge < -0.3 is 5.32 Å². The molecule has 0 saturated heterocycles. The highest BCUT2D eigenvalue weighted by molar-refractivity contribution is 7.89. The van der Waals surface area contributed by atoms with Crippen LogP contribution in [0.2, 0.25) is 10.0 Å². The highest BCUT2D eigenvalue weighted by Crippen LogP contribution is 2.25. The molecule has 140 valence electrons. The van der Waals surface area contributed by atoms with Crippen molar-refractivity contribution >= 4 is 44.8 Å². The average molecular weight is 419 g/mol. The lowest BCUT2D eigenvalue weighted by molar-refractivity contribution is -0.116. The molecule has 0 aliphatic carbocycles. The number of hydrogen-bond donors (Lipinski definition) is 1. The van der Waals surface area contributed by atoms with Crippen LogP contribution in [0.15, 0.2) is 47.4 Å². The predicted octanol–water partition coefficient (Wildman–Crippen LogP) is 4.17. The van der Waals surface area contributed by atoms with Crippen LogP contribution in [0.5, 0.6) is 0 Å². The Kier molecular flexibility index (Phi) is 7.00. The molecular formula is C17H17Cl2FN2O3S. The van der Waals surface area contributed by atoms with Gasteiger partial charge in [-0.15, -0.1) is 0 Å². The van der Waals surface area contributed by atoms with Crippen molar-refractivity contribution in [2.24, 2.45) is 0 Å². The number of sulfonamides is 1. The highest BCUT2D eigenvalue weighted by atomic mass is 35.5. The van der Waals surface area contributed by atoms with Gasteiger partial charge in [0.2, 0.25) is 15.9 Å². The molecule has 2 rings (SSSR count). The fraction of sp³-hybridized carbons (Fsp3) is 0.235. The van der Waals surface area contributed by atoms with Gasteiger partial charge in [-0.05, 0) is 36.8 Å². The SMILES string of the molecule is CCCN(CC(=O)Nc1cc(Cl)ccc1Cl)S(=O)(=O)c1ccccc1F. The summed E-state index contributed by atoms with van der Waals surface area (Å²) < 4.78 is 40.3. The number of rotatable bonds is 7. The van der Waals surface area contributed by atoms with Gasteiger partial charge in [0.05, 0.1) is 17.3 Å². The number of hydrogen-bond acceptors (Lipinski definition) is 3. The van der Waals surface area contributed by atoms with Crippen LogP contribution in [-0.2, 0) is 14.8 Å². The van der Waals surface area contributed by atoms with Gasteiger partial charge in [-0.3, -0.25) is 4.79 Å². The second-order valence-corrected chi connectivity index (χ2v) is 8.19. The number of halogens is 3. The molecule has 0 saturated carbocycles. The van der Waals surface area contributed by atoms with Crippen molar-refractivity contribution in [2.45, 2.75) is 18.2 Å². The molecule has 2 aromatic rings. The zero-order valence-electron chi connectivity index (χ0n) is 13.9. The van der Waals surface area contributed by atoms with E-state index < -0.39 is 33.2 Å². The van der Waals surface area contributed by atoms with Crippen molar-refractivity contribution in [3.63, 3.8) is 0 Å². The van der Waals surface area contributed by atoms with Crippen molar-refractivity contribution in [2.75, 3.05) is 18.4 Å². The molecule has 26 heavy (non-hydrogen) atoms. The molecule has 0 spiro atoms. The van der Waals surface area contributed by atoms with E-state index in [0.717, 1.165) is 10.4 Å². The van der Waals surface area contributed by atoms with Crippen molar-refractivity contribution in [1.82, 2.24) is 4.31 Å². The van der Waals surface area contributed by atoms with E-state index in [4.69, 9.17) is 23.2 Å².